The van der Waals surface area contributed by atoms with Crippen molar-refractivity contribution in [3.63, 3.8) is 0 Å². The monoisotopic (exact) mass is 339 g/mol. The van der Waals surface area contributed by atoms with Crippen LogP contribution in [0.5, 0.6) is 5.75 Å². The molecule has 0 fully saturated rings. The number of amides is 1. The number of H-pyrrole nitrogens is 1. The second kappa shape index (κ2) is 5.59. The summed E-state index contributed by atoms with van der Waals surface area (Å²) in [4.78, 5) is 10.6. The Labute approximate surface area is 141 Å². The molecule has 1 aromatic carbocycles. The minimum Gasteiger partial charge on any atom is -0.491 e. The quantitative estimate of drug-likeness (QED) is 0.560. The third-order valence-electron chi connectivity index (χ3n) is 4.20. The molecule has 0 aliphatic rings. The second-order valence-electron chi connectivity index (χ2n) is 5.58. The van der Waals surface area contributed by atoms with Crippen LogP contribution in [0.3, 0.4) is 0 Å². The van der Waals surface area contributed by atoms with Crippen LogP contribution in [0.2, 0.25) is 0 Å². The first-order chi connectivity index (χ1) is 12.1. The molecule has 8 heteroatoms. The van der Waals surface area contributed by atoms with Gasteiger partial charge < -0.3 is 10.1 Å². The van der Waals surface area contributed by atoms with E-state index in [9.17, 15) is 9.18 Å². The van der Waals surface area contributed by atoms with Crippen LogP contribution in [0, 0.1) is 12.7 Å². The normalized spacial score (nSPS) is 11.2. The number of nitrogens with zero attached hydrogens (tertiary/aromatic N) is 3. The number of benzene rings is 1. The maximum atomic E-state index is 14.7. The number of methoxy groups -OCH3 is 1. The van der Waals surface area contributed by atoms with Crippen molar-refractivity contribution in [1.82, 2.24) is 19.8 Å². The first-order valence-corrected chi connectivity index (χ1v) is 7.53. The number of hydrogen-bond acceptors (Lipinski definition) is 4. The minimum atomic E-state index is -0.425. The summed E-state index contributed by atoms with van der Waals surface area (Å²) in [6.07, 6.45) is 3.98. The number of ether oxygens (including phenoxy) is 1. The molecule has 126 valence electrons. The Bertz CT molecular complexity index is 1120. The standard InChI is InChI=1S/C17H14FN5O2/c1-9-14(12-7-20-21-16(12)17(25-2)15(9)18)10-3-4-23-11(5-10)6-13(22-23)19-8-24/h3-8H,1-2H3,(H,20,21)(H,19,22,24). The molecule has 1 amide bonds. The fraction of sp³-hybridized carbons (Fsp3) is 0.118. The van der Waals surface area contributed by atoms with E-state index < -0.39 is 5.82 Å². The van der Waals surface area contributed by atoms with Gasteiger partial charge in [-0.3, -0.25) is 9.89 Å². The number of pyridine rings is 1. The van der Waals surface area contributed by atoms with E-state index >= 15 is 0 Å². The molecule has 0 saturated carbocycles. The highest BCUT2D eigenvalue weighted by atomic mass is 19.1. The van der Waals surface area contributed by atoms with Crippen molar-refractivity contribution in [2.45, 2.75) is 6.92 Å². The Balaban J connectivity index is 1.98. The molecule has 0 saturated heterocycles. The minimum absolute atomic E-state index is 0.150. The predicted octanol–water partition coefficient (Wildman–Crippen LogP) is 2.90. The highest BCUT2D eigenvalue weighted by Gasteiger charge is 2.20. The van der Waals surface area contributed by atoms with Crippen molar-refractivity contribution >= 4 is 28.6 Å². The molecule has 0 aliphatic carbocycles. The van der Waals surface area contributed by atoms with Crippen LogP contribution in [-0.2, 0) is 4.79 Å². The molecule has 0 unspecified atom stereocenters. The van der Waals surface area contributed by atoms with Crippen molar-refractivity contribution in [1.29, 1.82) is 0 Å². The van der Waals surface area contributed by atoms with E-state index in [2.05, 4.69) is 20.6 Å². The van der Waals surface area contributed by atoms with Gasteiger partial charge in [-0.1, -0.05) is 0 Å². The topological polar surface area (TPSA) is 84.3 Å². The van der Waals surface area contributed by atoms with E-state index in [1.165, 1.54) is 7.11 Å². The number of aromatic amines is 1. The largest absolute Gasteiger partial charge is 0.491 e. The number of hydrogen-bond donors (Lipinski definition) is 2. The van der Waals surface area contributed by atoms with Crippen LogP contribution in [-0.4, -0.2) is 33.3 Å². The number of anilines is 1. The van der Waals surface area contributed by atoms with Gasteiger partial charge in [0.1, 0.15) is 5.52 Å². The lowest BCUT2D eigenvalue weighted by atomic mass is 9.96. The molecule has 0 spiro atoms. The van der Waals surface area contributed by atoms with Gasteiger partial charge in [0, 0.05) is 17.6 Å². The van der Waals surface area contributed by atoms with E-state index in [-0.39, 0.29) is 5.75 Å². The predicted molar refractivity (Wildman–Crippen MR) is 91.2 cm³/mol. The van der Waals surface area contributed by atoms with Crippen LogP contribution >= 0.6 is 0 Å². The molecular formula is C17H14FN5O2. The summed E-state index contributed by atoms with van der Waals surface area (Å²) in [6, 6.07) is 5.45. The van der Waals surface area contributed by atoms with Crippen molar-refractivity contribution in [2.24, 2.45) is 0 Å². The van der Waals surface area contributed by atoms with Gasteiger partial charge >= 0.3 is 0 Å². The van der Waals surface area contributed by atoms with Crippen molar-refractivity contribution in [3.8, 4) is 16.9 Å². The Morgan fingerprint density at radius 1 is 1.40 bits per heavy atom. The molecule has 0 aliphatic heterocycles. The van der Waals surface area contributed by atoms with Gasteiger partial charge in [-0.2, -0.15) is 10.2 Å². The molecular weight excluding hydrogens is 325 g/mol. The van der Waals surface area contributed by atoms with E-state index in [4.69, 9.17) is 4.74 Å². The lowest BCUT2D eigenvalue weighted by Gasteiger charge is -2.13. The summed E-state index contributed by atoms with van der Waals surface area (Å²) in [5, 5.41) is 14.3. The second-order valence-corrected chi connectivity index (χ2v) is 5.58. The Kier molecular flexibility index (Phi) is 3.38. The summed E-state index contributed by atoms with van der Waals surface area (Å²) in [7, 11) is 1.43. The van der Waals surface area contributed by atoms with Crippen molar-refractivity contribution in [3.05, 3.63) is 42.0 Å². The lowest BCUT2D eigenvalue weighted by Crippen LogP contribution is -1.97. The molecule has 2 N–H and O–H groups in total. The molecule has 0 bridgehead atoms. The van der Waals surface area contributed by atoms with E-state index in [0.29, 0.717) is 23.3 Å². The Hall–Kier alpha value is -3.42. The number of aromatic nitrogens is 4. The van der Waals surface area contributed by atoms with Gasteiger partial charge in [-0.05, 0) is 35.7 Å². The van der Waals surface area contributed by atoms with Gasteiger partial charge in [0.25, 0.3) is 0 Å². The van der Waals surface area contributed by atoms with Gasteiger partial charge in [0.05, 0.1) is 18.8 Å². The van der Waals surface area contributed by atoms with Crippen molar-refractivity contribution < 1.29 is 13.9 Å². The van der Waals surface area contributed by atoms with Crippen LogP contribution in [0.1, 0.15) is 5.56 Å². The highest BCUT2D eigenvalue weighted by molar-refractivity contribution is 6.00. The third-order valence-corrected chi connectivity index (χ3v) is 4.20. The molecule has 7 nitrogen and oxygen atoms in total. The zero-order valence-corrected chi connectivity index (χ0v) is 13.5. The number of carbonyl (C=O) groups excluding carboxylic acids is 1. The number of nitrogens with one attached hydrogen (secondary N) is 2. The molecule has 3 aromatic heterocycles. The van der Waals surface area contributed by atoms with Gasteiger partial charge in [0.2, 0.25) is 6.41 Å². The molecule has 0 radical (unpaired) electrons. The molecule has 25 heavy (non-hydrogen) atoms. The zero-order chi connectivity index (χ0) is 17.6. The summed E-state index contributed by atoms with van der Waals surface area (Å²) in [5.41, 5.74) is 3.30. The van der Waals surface area contributed by atoms with E-state index in [1.54, 1.807) is 29.9 Å². The average Bonchev–Trinajstić information content (AvgIpc) is 3.22. The average molecular weight is 339 g/mol. The summed E-state index contributed by atoms with van der Waals surface area (Å²) in [6.45, 7) is 1.71. The number of carbonyl (C=O) groups is 1. The lowest BCUT2D eigenvalue weighted by molar-refractivity contribution is -0.105. The van der Waals surface area contributed by atoms with Gasteiger partial charge in [0.15, 0.2) is 17.4 Å². The van der Waals surface area contributed by atoms with Crippen LogP contribution in [0.4, 0.5) is 10.2 Å². The van der Waals surface area contributed by atoms with Crippen LogP contribution in [0.25, 0.3) is 27.5 Å². The number of halogens is 1. The SMILES string of the molecule is COc1c(F)c(C)c(-c2ccn3nc(NC=O)cc3c2)c2cn[nH]c12. The van der Waals surface area contributed by atoms with Crippen LogP contribution < -0.4 is 10.1 Å². The first-order valence-electron chi connectivity index (χ1n) is 7.53. The molecule has 4 aromatic rings. The Morgan fingerprint density at radius 3 is 3.00 bits per heavy atom. The van der Waals surface area contributed by atoms with Gasteiger partial charge in [-0.25, -0.2) is 8.91 Å². The maximum absolute atomic E-state index is 14.7. The highest BCUT2D eigenvalue weighted by Crippen LogP contribution is 2.39. The third kappa shape index (κ3) is 2.22. The van der Waals surface area contributed by atoms with E-state index in [0.717, 1.165) is 22.0 Å². The Morgan fingerprint density at radius 2 is 2.24 bits per heavy atom. The molecule has 4 rings (SSSR count). The van der Waals surface area contributed by atoms with Crippen LogP contribution in [0.15, 0.2) is 30.6 Å². The summed E-state index contributed by atoms with van der Waals surface area (Å²) >= 11 is 0. The number of fused-ring (bicyclic) bond motifs is 2. The fourth-order valence-corrected chi connectivity index (χ4v) is 3.09. The molecule has 0 atom stereocenters. The number of rotatable bonds is 4. The molecule has 3 heterocycles. The summed E-state index contributed by atoms with van der Waals surface area (Å²) < 4.78 is 21.6. The van der Waals surface area contributed by atoms with E-state index in [1.807, 2.05) is 12.1 Å². The zero-order valence-electron chi connectivity index (χ0n) is 13.5. The smallest absolute Gasteiger partial charge is 0.212 e. The first kappa shape index (κ1) is 15.1. The van der Waals surface area contributed by atoms with Crippen molar-refractivity contribution in [2.75, 3.05) is 12.4 Å². The summed E-state index contributed by atoms with van der Waals surface area (Å²) in [5.74, 6) is 0.167. The van der Waals surface area contributed by atoms with Gasteiger partial charge in [-0.15, -0.1) is 0 Å². The fourth-order valence-electron chi connectivity index (χ4n) is 3.09. The maximum Gasteiger partial charge on any atom is 0.212 e.